The minimum absolute atomic E-state index is 0.467. The van der Waals surface area contributed by atoms with E-state index in [4.69, 9.17) is 10.5 Å². The van der Waals surface area contributed by atoms with Crippen LogP contribution in [-0.2, 0) is 6.42 Å². The number of pyridine rings is 1. The second-order valence-corrected chi connectivity index (χ2v) is 4.00. The fourth-order valence-corrected chi connectivity index (χ4v) is 1.59. The van der Waals surface area contributed by atoms with Gasteiger partial charge in [-0.2, -0.15) is 0 Å². The molecule has 0 radical (unpaired) electrons. The van der Waals surface area contributed by atoms with E-state index in [0.717, 1.165) is 18.4 Å². The minimum atomic E-state index is 0.467. The third kappa shape index (κ3) is 3.16. The molecular weight excluding hydrogens is 228 g/mol. The van der Waals surface area contributed by atoms with Gasteiger partial charge in [0.15, 0.2) is 0 Å². The van der Waals surface area contributed by atoms with Gasteiger partial charge in [0.05, 0.1) is 12.2 Å². The Morgan fingerprint density at radius 3 is 2.78 bits per heavy atom. The fourth-order valence-electron chi connectivity index (χ4n) is 1.59. The van der Waals surface area contributed by atoms with Gasteiger partial charge in [-0.15, -0.1) is 0 Å². The van der Waals surface area contributed by atoms with Crippen LogP contribution in [0, 0.1) is 6.92 Å². The molecule has 0 fully saturated rings. The number of nitrogen functional groups attached to an aromatic ring is 1. The Kier molecular flexibility index (Phi) is 4.06. The first kappa shape index (κ1) is 12.3. The smallest absolute Gasteiger partial charge is 0.221 e. The van der Waals surface area contributed by atoms with Crippen LogP contribution in [-0.4, -0.2) is 21.6 Å². The molecule has 0 aliphatic rings. The van der Waals surface area contributed by atoms with Crippen molar-refractivity contribution < 1.29 is 4.74 Å². The molecule has 2 N–H and O–H groups in total. The lowest BCUT2D eigenvalue weighted by Crippen LogP contribution is -2.05. The maximum Gasteiger partial charge on any atom is 0.221 e. The van der Waals surface area contributed by atoms with E-state index in [9.17, 15) is 0 Å². The molecule has 0 saturated heterocycles. The highest BCUT2D eigenvalue weighted by Gasteiger charge is 2.04. The van der Waals surface area contributed by atoms with Gasteiger partial charge in [0.1, 0.15) is 12.1 Å². The van der Waals surface area contributed by atoms with Gasteiger partial charge in [-0.25, -0.2) is 9.97 Å². The van der Waals surface area contributed by atoms with Gasteiger partial charge in [-0.3, -0.25) is 4.98 Å². The van der Waals surface area contributed by atoms with Gasteiger partial charge >= 0.3 is 0 Å². The van der Waals surface area contributed by atoms with E-state index >= 15 is 0 Å². The topological polar surface area (TPSA) is 73.9 Å². The normalized spacial score (nSPS) is 10.3. The van der Waals surface area contributed by atoms with Crippen molar-refractivity contribution in [2.75, 3.05) is 12.3 Å². The van der Waals surface area contributed by atoms with Gasteiger partial charge in [0, 0.05) is 12.4 Å². The van der Waals surface area contributed by atoms with Crippen molar-refractivity contribution in [3.8, 4) is 5.88 Å². The molecule has 0 amide bonds. The molecule has 5 nitrogen and oxygen atoms in total. The van der Waals surface area contributed by atoms with E-state index in [-0.39, 0.29) is 0 Å². The van der Waals surface area contributed by atoms with Crippen LogP contribution in [0.25, 0.3) is 0 Å². The van der Waals surface area contributed by atoms with Gasteiger partial charge in [0.25, 0.3) is 0 Å². The molecule has 0 bridgehead atoms. The summed E-state index contributed by atoms with van der Waals surface area (Å²) in [5, 5.41) is 0. The first-order valence-electron chi connectivity index (χ1n) is 5.86. The summed E-state index contributed by atoms with van der Waals surface area (Å²) in [4.78, 5) is 11.9. The molecule has 5 heteroatoms. The van der Waals surface area contributed by atoms with Crippen molar-refractivity contribution in [2.24, 2.45) is 0 Å². The van der Waals surface area contributed by atoms with Crippen molar-refractivity contribution >= 4 is 5.82 Å². The van der Waals surface area contributed by atoms with E-state index in [2.05, 4.69) is 15.0 Å². The van der Waals surface area contributed by atoms with E-state index < -0.39 is 0 Å². The molecule has 94 valence electrons. The third-order valence-electron chi connectivity index (χ3n) is 2.67. The molecule has 0 aromatic carbocycles. The van der Waals surface area contributed by atoms with Crippen molar-refractivity contribution in [2.45, 2.75) is 19.8 Å². The molecule has 2 heterocycles. The highest BCUT2D eigenvalue weighted by atomic mass is 16.5. The number of hydrogen-bond donors (Lipinski definition) is 1. The van der Waals surface area contributed by atoms with Crippen LogP contribution in [0.2, 0.25) is 0 Å². The predicted molar refractivity (Wildman–Crippen MR) is 69.2 cm³/mol. The number of aromatic nitrogens is 3. The second-order valence-electron chi connectivity index (χ2n) is 4.00. The number of nitrogens with two attached hydrogens (primary N) is 1. The quantitative estimate of drug-likeness (QED) is 0.811. The summed E-state index contributed by atoms with van der Waals surface area (Å²) in [5.41, 5.74) is 7.73. The van der Waals surface area contributed by atoms with Crippen LogP contribution in [0.4, 0.5) is 5.82 Å². The van der Waals surface area contributed by atoms with Crippen LogP contribution in [0.5, 0.6) is 5.88 Å². The SMILES string of the molecule is Cc1c(N)ncnc1OCCCc1ccncc1. The van der Waals surface area contributed by atoms with Crippen LogP contribution < -0.4 is 10.5 Å². The Bertz CT molecular complexity index is 502. The lowest BCUT2D eigenvalue weighted by Gasteiger charge is -2.08. The van der Waals surface area contributed by atoms with Gasteiger partial charge < -0.3 is 10.5 Å². The van der Waals surface area contributed by atoms with Gasteiger partial charge in [-0.1, -0.05) is 0 Å². The predicted octanol–water partition coefficient (Wildman–Crippen LogP) is 1.77. The first-order chi connectivity index (χ1) is 8.77. The molecule has 0 saturated carbocycles. The molecule has 0 atom stereocenters. The lowest BCUT2D eigenvalue weighted by molar-refractivity contribution is 0.297. The number of anilines is 1. The summed E-state index contributed by atoms with van der Waals surface area (Å²) < 4.78 is 5.59. The third-order valence-corrected chi connectivity index (χ3v) is 2.67. The van der Waals surface area contributed by atoms with Crippen molar-refractivity contribution in [1.29, 1.82) is 0 Å². The molecule has 0 aliphatic heterocycles. The number of hydrogen-bond acceptors (Lipinski definition) is 5. The molecule has 0 unspecified atom stereocenters. The van der Waals surface area contributed by atoms with Crippen LogP contribution in [0.15, 0.2) is 30.9 Å². The monoisotopic (exact) mass is 244 g/mol. The largest absolute Gasteiger partial charge is 0.477 e. The number of ether oxygens (including phenoxy) is 1. The summed E-state index contributed by atoms with van der Waals surface area (Å²) in [6.07, 6.45) is 6.90. The van der Waals surface area contributed by atoms with Gasteiger partial charge in [-0.05, 0) is 37.5 Å². The molecule has 0 spiro atoms. The Hall–Kier alpha value is -2.17. The summed E-state index contributed by atoms with van der Waals surface area (Å²) >= 11 is 0. The number of aryl methyl sites for hydroxylation is 1. The zero-order valence-electron chi connectivity index (χ0n) is 10.3. The molecule has 2 rings (SSSR count). The van der Waals surface area contributed by atoms with Crippen molar-refractivity contribution in [1.82, 2.24) is 15.0 Å². The molecular formula is C13H16N4O. The number of rotatable bonds is 5. The molecule has 18 heavy (non-hydrogen) atoms. The average Bonchev–Trinajstić information content (AvgIpc) is 2.40. The maximum atomic E-state index is 5.68. The average molecular weight is 244 g/mol. The molecule has 2 aromatic heterocycles. The highest BCUT2D eigenvalue weighted by molar-refractivity contribution is 5.42. The molecule has 2 aromatic rings. The van der Waals surface area contributed by atoms with E-state index in [0.29, 0.717) is 18.3 Å². The Labute approximate surface area is 106 Å². The summed E-state index contributed by atoms with van der Waals surface area (Å²) in [7, 11) is 0. The minimum Gasteiger partial charge on any atom is -0.477 e. The van der Waals surface area contributed by atoms with E-state index in [1.165, 1.54) is 11.9 Å². The fraction of sp³-hybridized carbons (Fsp3) is 0.308. The zero-order valence-corrected chi connectivity index (χ0v) is 10.3. The maximum absolute atomic E-state index is 5.68. The van der Waals surface area contributed by atoms with Crippen LogP contribution in [0.3, 0.4) is 0 Å². The Balaban J connectivity index is 1.81. The van der Waals surface area contributed by atoms with Crippen molar-refractivity contribution in [3.63, 3.8) is 0 Å². The summed E-state index contributed by atoms with van der Waals surface area (Å²) in [5.74, 6) is 1.03. The Morgan fingerprint density at radius 2 is 2.00 bits per heavy atom. The van der Waals surface area contributed by atoms with E-state index in [1.54, 1.807) is 12.4 Å². The summed E-state index contributed by atoms with van der Waals surface area (Å²) in [6, 6.07) is 4.02. The van der Waals surface area contributed by atoms with Crippen LogP contribution in [0.1, 0.15) is 17.5 Å². The van der Waals surface area contributed by atoms with E-state index in [1.807, 2.05) is 19.1 Å². The molecule has 0 aliphatic carbocycles. The Morgan fingerprint density at radius 1 is 1.22 bits per heavy atom. The van der Waals surface area contributed by atoms with Crippen molar-refractivity contribution in [3.05, 3.63) is 42.0 Å². The highest BCUT2D eigenvalue weighted by Crippen LogP contribution is 2.17. The number of nitrogens with zero attached hydrogens (tertiary/aromatic N) is 3. The zero-order chi connectivity index (χ0) is 12.8. The van der Waals surface area contributed by atoms with Crippen LogP contribution >= 0.6 is 0 Å². The standard InChI is InChI=1S/C13H16N4O/c1-10-12(14)16-9-17-13(10)18-8-2-3-11-4-6-15-7-5-11/h4-7,9H,2-3,8H2,1H3,(H2,14,16,17). The summed E-state index contributed by atoms with van der Waals surface area (Å²) in [6.45, 7) is 2.47. The van der Waals surface area contributed by atoms with Gasteiger partial charge in [0.2, 0.25) is 5.88 Å². The second kappa shape index (κ2) is 5.95. The first-order valence-corrected chi connectivity index (χ1v) is 5.86. The lowest BCUT2D eigenvalue weighted by atomic mass is 10.1.